The van der Waals surface area contributed by atoms with E-state index in [0.717, 1.165) is 69.8 Å². The zero-order chi connectivity index (χ0) is 58.6. The molecule has 2 aromatic rings. The minimum atomic E-state index is 0. The van der Waals surface area contributed by atoms with Crippen molar-refractivity contribution in [3.8, 4) is 0 Å². The van der Waals surface area contributed by atoms with Gasteiger partial charge in [-0.25, -0.2) is 0 Å². The van der Waals surface area contributed by atoms with Crippen molar-refractivity contribution in [1.82, 2.24) is 0 Å². The Kier molecular flexibility index (Phi) is 64.1. The predicted octanol–water partition coefficient (Wildman–Crippen LogP) is 27.0. The molecule has 0 bridgehead atoms. The van der Waals surface area contributed by atoms with Gasteiger partial charge in [-0.2, -0.15) is 12.8 Å². The van der Waals surface area contributed by atoms with E-state index in [1.54, 1.807) is 0 Å². The summed E-state index contributed by atoms with van der Waals surface area (Å²) in [6, 6.07) is 14.9. The summed E-state index contributed by atoms with van der Waals surface area (Å²) < 4.78 is 0. The van der Waals surface area contributed by atoms with E-state index in [4.69, 9.17) is 0 Å². The number of unbranched alkanes of at least 4 members (excludes halogenated alkanes) is 39. The van der Waals surface area contributed by atoms with Gasteiger partial charge < -0.3 is 19.4 Å². The van der Waals surface area contributed by atoms with Crippen LogP contribution >= 0.6 is 0 Å². The van der Waals surface area contributed by atoms with Crippen LogP contribution in [0, 0.1) is 13.8 Å². The molecule has 81 heavy (non-hydrogen) atoms. The van der Waals surface area contributed by atoms with Crippen molar-refractivity contribution in [2.75, 3.05) is 0 Å². The first-order valence-corrected chi connectivity index (χ1v) is 35.9. The van der Waals surface area contributed by atoms with Gasteiger partial charge in [0.25, 0.3) is 0 Å². The van der Waals surface area contributed by atoms with Crippen LogP contribution in [0.25, 0.3) is 11.1 Å². The molecule has 0 saturated heterocycles. The largest absolute Gasteiger partial charge is 2.00 e. The molecule has 0 N–H and O–H groups in total. The van der Waals surface area contributed by atoms with Crippen LogP contribution in [0.5, 0.6) is 0 Å². The molecule has 2 nitrogen and oxygen atoms in total. The van der Waals surface area contributed by atoms with Gasteiger partial charge in [0.05, 0.1) is 5.57 Å². The van der Waals surface area contributed by atoms with Gasteiger partial charge in [-0.3, -0.25) is 0 Å². The molecule has 0 atom stereocenters. The van der Waals surface area contributed by atoms with E-state index in [1.165, 1.54) is 314 Å². The fourth-order valence-electron chi connectivity index (χ4n) is 11.5. The van der Waals surface area contributed by atoms with Gasteiger partial charge in [-0.15, -0.1) is 4.79 Å². The number of allylic oxidation sites excluding steroid dienone is 2. The van der Waals surface area contributed by atoms with Crippen LogP contribution < -0.4 is 0 Å². The van der Waals surface area contributed by atoms with Crippen LogP contribution in [0.2, 0.25) is 0 Å². The van der Waals surface area contributed by atoms with Crippen molar-refractivity contribution in [2.24, 2.45) is 0 Å². The van der Waals surface area contributed by atoms with E-state index in [9.17, 15) is 5.53 Å². The van der Waals surface area contributed by atoms with Gasteiger partial charge in [0, 0.05) is 0 Å². The fourth-order valence-corrected chi connectivity index (χ4v) is 11.5. The molecule has 2 aromatic carbocycles. The summed E-state index contributed by atoms with van der Waals surface area (Å²) in [7, 11) is 0. The molecular formula is C78H138N2Pd. The number of aryl methyl sites for hydroxylation is 4. The molecule has 0 aliphatic heterocycles. The third-order valence-corrected chi connectivity index (χ3v) is 16.7. The van der Waals surface area contributed by atoms with Crippen molar-refractivity contribution >= 4 is 11.4 Å². The van der Waals surface area contributed by atoms with Crippen LogP contribution in [-0.4, -0.2) is 10.7 Å². The molecule has 0 aromatic heterocycles. The average molecular weight is 1210 g/mol. The Morgan fingerprint density at radius 3 is 0.827 bits per heavy atom. The third-order valence-electron chi connectivity index (χ3n) is 16.7. The number of benzene rings is 2. The van der Waals surface area contributed by atoms with E-state index in [-0.39, 0.29) is 20.4 Å². The van der Waals surface area contributed by atoms with Crippen molar-refractivity contribution < 1.29 is 25.2 Å². The second-order valence-electron chi connectivity index (χ2n) is 24.5. The van der Waals surface area contributed by atoms with Crippen LogP contribution in [0.1, 0.15) is 397 Å². The maximum absolute atomic E-state index is 9.73. The average Bonchev–Trinajstić information content (AvgIpc) is 3.47. The van der Waals surface area contributed by atoms with Crippen LogP contribution in [0.15, 0.2) is 47.5 Å². The molecule has 0 amide bonds. The Bertz CT molecular complexity index is 1640. The summed E-state index contributed by atoms with van der Waals surface area (Å²) in [6.45, 7) is 26.0. The van der Waals surface area contributed by atoms with Gasteiger partial charge in [0.1, 0.15) is 0 Å². The first-order valence-electron chi connectivity index (χ1n) is 35.9. The van der Waals surface area contributed by atoms with E-state index in [1.807, 2.05) is 0 Å². The maximum atomic E-state index is 9.73. The summed E-state index contributed by atoms with van der Waals surface area (Å²) >= 11 is 0. The van der Waals surface area contributed by atoms with Crippen molar-refractivity contribution in [2.45, 2.75) is 389 Å². The Hall–Kier alpha value is -2.00. The first-order chi connectivity index (χ1) is 39.4. The summed E-state index contributed by atoms with van der Waals surface area (Å²) in [4.78, 5) is 3.47. The second kappa shape index (κ2) is 64.0. The molecule has 3 heteroatoms. The summed E-state index contributed by atoms with van der Waals surface area (Å²) in [6.07, 6.45) is 69.2. The zero-order valence-corrected chi connectivity index (χ0v) is 57.4. The van der Waals surface area contributed by atoms with Crippen molar-refractivity contribution in [1.29, 1.82) is 0 Å². The van der Waals surface area contributed by atoms with Crippen molar-refractivity contribution in [3.63, 3.8) is 0 Å². The van der Waals surface area contributed by atoms with Gasteiger partial charge in [-0.05, 0) is 115 Å². The molecule has 0 fully saturated rings. The molecule has 0 heterocycles. The minimum absolute atomic E-state index is 0. The third kappa shape index (κ3) is 47.9. The molecule has 470 valence electrons. The monoisotopic (exact) mass is 1210 g/mol. The normalized spacial score (nSPS) is 11.2. The molecule has 2 rings (SSSR count). The van der Waals surface area contributed by atoms with Crippen molar-refractivity contribution in [3.05, 3.63) is 100 Å². The maximum Gasteiger partial charge on any atom is 2.00 e. The molecule has 0 radical (unpaired) electrons. The van der Waals surface area contributed by atoms with Gasteiger partial charge >= 0.3 is 26.3 Å². The minimum Gasteiger partial charge on any atom is -0.348 e. The molecule has 0 aliphatic rings. The van der Waals surface area contributed by atoms with Crippen LogP contribution in [0.3, 0.4) is 0 Å². The predicted molar refractivity (Wildman–Crippen MR) is 364 cm³/mol. The Morgan fingerprint density at radius 2 is 0.580 bits per heavy atom. The van der Waals surface area contributed by atoms with E-state index in [0.29, 0.717) is 0 Å². The molecule has 0 aliphatic carbocycles. The van der Waals surface area contributed by atoms with E-state index in [2.05, 4.69) is 116 Å². The fraction of sp³-hybridized carbons (Fsp3) is 0.769. The van der Waals surface area contributed by atoms with Gasteiger partial charge in [0.15, 0.2) is 0 Å². The Balaban J connectivity index is 0. The number of rotatable bonds is 53. The Labute approximate surface area is 523 Å². The molecular weight excluding hydrogens is 1070 g/mol. The first kappa shape index (κ1) is 81.1. The molecule has 0 unspecified atom stereocenters. The second-order valence-corrected chi connectivity index (χ2v) is 24.5. The van der Waals surface area contributed by atoms with Gasteiger partial charge in [0.2, 0.25) is 0 Å². The SMILES string of the molecule is CCCCCCc1cc(CCCCCC)cc(C(=C(CC)C(=C=[N+]=[N-])CCCC)c2cc(CCCC)cc(CCCC)c2)c1.[CH2-]CCCCCCCCCCCCCCCCC.[CH2-]CCCCCCCCCCCCCCCCC.[Pd+2]. The molecule has 0 saturated carbocycles. The Morgan fingerprint density at radius 1 is 0.333 bits per heavy atom. The quantitative estimate of drug-likeness (QED) is 0.0120. The smallest absolute Gasteiger partial charge is 0.348 e. The number of hydrogen-bond donors (Lipinski definition) is 0. The standard InChI is InChI=1S/C42H64N2.2C18H37.Pd/c1-7-13-18-20-24-36-28-37(25-21-19-14-8-2)32-40(31-36)42(41(12-6)38(33-44-43)26-17-11-5)39-29-34(22-15-9-3)27-35(30-39)23-16-10-4;2*1-3-5-7-9-11-13-15-17-18-16-14-12-10-8-6-4-2;/h27-32H,7-26H2,1-6H3;2*1,3-18H2,2H3;/q;2*-1;+2. The summed E-state index contributed by atoms with van der Waals surface area (Å²) in [5, 5.41) is 0. The van der Waals surface area contributed by atoms with E-state index < -0.39 is 0 Å². The molecule has 0 spiro atoms. The van der Waals surface area contributed by atoms with Crippen LogP contribution in [0.4, 0.5) is 0 Å². The van der Waals surface area contributed by atoms with Gasteiger partial charge in [-0.1, -0.05) is 342 Å². The summed E-state index contributed by atoms with van der Waals surface area (Å²) in [5.41, 5.74) is 21.9. The number of nitrogens with zero attached hydrogens (tertiary/aromatic N) is 2. The number of hydrogen-bond acceptors (Lipinski definition) is 0. The topological polar surface area (TPSA) is 36.4 Å². The summed E-state index contributed by atoms with van der Waals surface area (Å²) in [5.74, 6) is 3.05. The van der Waals surface area contributed by atoms with Crippen LogP contribution in [-0.2, 0) is 46.1 Å². The van der Waals surface area contributed by atoms with E-state index >= 15 is 0 Å². The zero-order valence-electron chi connectivity index (χ0n) is 55.9.